The smallest absolute Gasteiger partial charge is 0.254 e. The quantitative estimate of drug-likeness (QED) is 0.596. The van der Waals surface area contributed by atoms with Crippen LogP contribution in [-0.2, 0) is 13.1 Å². The number of rotatable bonds is 7. The predicted octanol–water partition coefficient (Wildman–Crippen LogP) is 4.76. The summed E-state index contributed by atoms with van der Waals surface area (Å²) >= 11 is 0. The average Bonchev–Trinajstić information content (AvgIpc) is 3.00. The summed E-state index contributed by atoms with van der Waals surface area (Å²) in [6.07, 6.45) is 2.79. The molecule has 0 unspecified atom stereocenters. The van der Waals surface area contributed by atoms with E-state index in [0.29, 0.717) is 19.0 Å². The van der Waals surface area contributed by atoms with Crippen LogP contribution in [-0.4, -0.2) is 31.9 Å². The minimum atomic E-state index is 0.0554. The first-order valence-corrected chi connectivity index (χ1v) is 10.1. The van der Waals surface area contributed by atoms with Gasteiger partial charge in [-0.2, -0.15) is 0 Å². The average molecular weight is 379 g/mol. The van der Waals surface area contributed by atoms with Gasteiger partial charge in [-0.1, -0.05) is 26.8 Å². The van der Waals surface area contributed by atoms with Gasteiger partial charge in [-0.05, 0) is 61.6 Å². The van der Waals surface area contributed by atoms with Crippen LogP contribution in [0.5, 0.6) is 0 Å². The first-order chi connectivity index (χ1) is 13.4. The molecule has 0 aliphatic rings. The van der Waals surface area contributed by atoms with E-state index in [1.54, 1.807) is 6.20 Å². The van der Waals surface area contributed by atoms with E-state index in [4.69, 9.17) is 4.98 Å². The molecule has 0 aliphatic carbocycles. The molecular weight excluding hydrogens is 348 g/mol. The monoisotopic (exact) mass is 378 g/mol. The van der Waals surface area contributed by atoms with E-state index in [9.17, 15) is 4.79 Å². The molecule has 5 heteroatoms. The van der Waals surface area contributed by atoms with Crippen molar-refractivity contribution in [3.05, 3.63) is 59.0 Å². The molecule has 148 valence electrons. The van der Waals surface area contributed by atoms with Crippen LogP contribution in [0, 0.1) is 19.8 Å². The predicted molar refractivity (Wildman–Crippen MR) is 113 cm³/mol. The molecule has 0 atom stereocenters. The number of amides is 1. The Morgan fingerprint density at radius 3 is 2.64 bits per heavy atom. The molecule has 1 amide bonds. The third-order valence-electron chi connectivity index (χ3n) is 4.99. The van der Waals surface area contributed by atoms with Gasteiger partial charge in [-0.3, -0.25) is 4.79 Å². The number of benzene rings is 1. The molecule has 0 bridgehead atoms. The minimum Gasteiger partial charge on any atom is -0.331 e. The minimum absolute atomic E-state index is 0.0554. The van der Waals surface area contributed by atoms with Gasteiger partial charge in [0.25, 0.3) is 5.91 Å². The summed E-state index contributed by atoms with van der Waals surface area (Å²) < 4.78 is 2.15. The summed E-state index contributed by atoms with van der Waals surface area (Å²) in [6.45, 7) is 12.5. The summed E-state index contributed by atoms with van der Waals surface area (Å²) in [5.41, 5.74) is 4.84. The second-order valence-electron chi connectivity index (χ2n) is 7.90. The van der Waals surface area contributed by atoms with Crippen molar-refractivity contribution in [2.24, 2.45) is 5.92 Å². The third kappa shape index (κ3) is 4.24. The Morgan fingerprint density at radius 2 is 1.96 bits per heavy atom. The van der Waals surface area contributed by atoms with Gasteiger partial charge in [0, 0.05) is 24.8 Å². The lowest BCUT2D eigenvalue weighted by atomic mass is 10.0. The van der Waals surface area contributed by atoms with Crippen LogP contribution in [0.25, 0.3) is 11.2 Å². The van der Waals surface area contributed by atoms with Crippen LogP contribution in [0.15, 0.2) is 36.5 Å². The van der Waals surface area contributed by atoms with Crippen LogP contribution >= 0.6 is 0 Å². The Balaban J connectivity index is 1.96. The Kier molecular flexibility index (Phi) is 6.12. The largest absolute Gasteiger partial charge is 0.331 e. The highest BCUT2D eigenvalue weighted by molar-refractivity contribution is 5.94. The highest BCUT2D eigenvalue weighted by Gasteiger charge is 2.21. The van der Waals surface area contributed by atoms with Crippen molar-refractivity contribution in [1.82, 2.24) is 19.4 Å². The molecule has 28 heavy (non-hydrogen) atoms. The lowest BCUT2D eigenvalue weighted by molar-refractivity contribution is 0.0716. The standard InChI is InChI=1S/C23H30N4O/c1-6-12-27-21(25-20-8-7-11-24-22(20)27)15-26(14-16(2)3)23(28)19-10-9-17(4)18(5)13-19/h7-11,13,16H,6,12,14-15H2,1-5H3. The summed E-state index contributed by atoms with van der Waals surface area (Å²) in [6, 6.07) is 9.82. The first kappa shape index (κ1) is 20.1. The number of carbonyl (C=O) groups excluding carboxylic acids is 1. The van der Waals surface area contributed by atoms with E-state index in [0.717, 1.165) is 41.1 Å². The zero-order chi connectivity index (χ0) is 20.3. The number of pyridine rings is 1. The molecule has 0 N–H and O–H groups in total. The van der Waals surface area contributed by atoms with Gasteiger partial charge in [0.1, 0.15) is 11.3 Å². The molecule has 1 aromatic carbocycles. The van der Waals surface area contributed by atoms with E-state index in [1.165, 1.54) is 5.56 Å². The van der Waals surface area contributed by atoms with E-state index < -0.39 is 0 Å². The van der Waals surface area contributed by atoms with E-state index in [-0.39, 0.29) is 5.91 Å². The maximum absolute atomic E-state index is 13.3. The molecule has 0 saturated carbocycles. The number of imidazole rings is 1. The Labute approximate surface area is 167 Å². The number of carbonyl (C=O) groups is 1. The Hall–Kier alpha value is -2.69. The summed E-state index contributed by atoms with van der Waals surface area (Å²) in [7, 11) is 0. The topological polar surface area (TPSA) is 51.0 Å². The number of fused-ring (bicyclic) bond motifs is 1. The van der Waals surface area contributed by atoms with Gasteiger partial charge < -0.3 is 9.47 Å². The normalized spacial score (nSPS) is 11.4. The zero-order valence-electron chi connectivity index (χ0n) is 17.6. The molecular formula is C23H30N4O. The number of hydrogen-bond acceptors (Lipinski definition) is 3. The number of aromatic nitrogens is 3. The van der Waals surface area contributed by atoms with E-state index in [2.05, 4.69) is 37.2 Å². The first-order valence-electron chi connectivity index (χ1n) is 10.1. The van der Waals surface area contributed by atoms with E-state index in [1.807, 2.05) is 42.2 Å². The van der Waals surface area contributed by atoms with Crippen molar-refractivity contribution in [1.29, 1.82) is 0 Å². The van der Waals surface area contributed by atoms with Gasteiger partial charge >= 0.3 is 0 Å². The Bertz CT molecular complexity index is 974. The highest BCUT2D eigenvalue weighted by Crippen LogP contribution is 2.19. The molecule has 0 spiro atoms. The summed E-state index contributed by atoms with van der Waals surface area (Å²) in [5, 5.41) is 0. The second-order valence-corrected chi connectivity index (χ2v) is 7.90. The molecule has 0 aliphatic heterocycles. The molecule has 2 aromatic heterocycles. The fourth-order valence-corrected chi connectivity index (χ4v) is 3.47. The van der Waals surface area contributed by atoms with Crippen molar-refractivity contribution in [2.45, 2.75) is 54.1 Å². The van der Waals surface area contributed by atoms with Crippen LogP contribution in [0.1, 0.15) is 54.5 Å². The van der Waals surface area contributed by atoms with Gasteiger partial charge in [0.2, 0.25) is 0 Å². The van der Waals surface area contributed by atoms with Gasteiger partial charge in [0.05, 0.1) is 6.54 Å². The fourth-order valence-electron chi connectivity index (χ4n) is 3.47. The lowest BCUT2D eigenvalue weighted by Crippen LogP contribution is -2.34. The van der Waals surface area contributed by atoms with Gasteiger partial charge in [0.15, 0.2) is 5.65 Å². The SMILES string of the molecule is CCCn1c(CN(CC(C)C)C(=O)c2ccc(C)c(C)c2)nc2cccnc21. The van der Waals surface area contributed by atoms with Crippen LogP contribution in [0.3, 0.4) is 0 Å². The highest BCUT2D eigenvalue weighted by atomic mass is 16.2. The molecule has 2 heterocycles. The lowest BCUT2D eigenvalue weighted by Gasteiger charge is -2.25. The summed E-state index contributed by atoms with van der Waals surface area (Å²) in [5.74, 6) is 1.32. The van der Waals surface area contributed by atoms with Crippen LogP contribution in [0.4, 0.5) is 0 Å². The Morgan fingerprint density at radius 1 is 1.18 bits per heavy atom. The van der Waals surface area contributed by atoms with Crippen molar-refractivity contribution < 1.29 is 4.79 Å². The van der Waals surface area contributed by atoms with E-state index >= 15 is 0 Å². The van der Waals surface area contributed by atoms with Crippen molar-refractivity contribution >= 4 is 17.1 Å². The maximum Gasteiger partial charge on any atom is 0.254 e. The zero-order valence-corrected chi connectivity index (χ0v) is 17.6. The molecule has 5 nitrogen and oxygen atoms in total. The van der Waals surface area contributed by atoms with Crippen molar-refractivity contribution in [3.8, 4) is 0 Å². The molecule has 0 radical (unpaired) electrons. The molecule has 3 aromatic rings. The number of aryl methyl sites for hydroxylation is 3. The van der Waals surface area contributed by atoms with Gasteiger partial charge in [-0.25, -0.2) is 9.97 Å². The summed E-state index contributed by atoms with van der Waals surface area (Å²) in [4.78, 5) is 24.5. The van der Waals surface area contributed by atoms with Gasteiger partial charge in [-0.15, -0.1) is 0 Å². The third-order valence-corrected chi connectivity index (χ3v) is 4.99. The van der Waals surface area contributed by atoms with Crippen LogP contribution in [0.2, 0.25) is 0 Å². The second kappa shape index (κ2) is 8.55. The number of hydrogen-bond donors (Lipinski definition) is 0. The molecule has 0 fully saturated rings. The molecule has 0 saturated heterocycles. The fraction of sp³-hybridized carbons (Fsp3) is 0.435. The van der Waals surface area contributed by atoms with Crippen molar-refractivity contribution in [3.63, 3.8) is 0 Å². The maximum atomic E-state index is 13.3. The molecule has 3 rings (SSSR count). The van der Waals surface area contributed by atoms with Crippen LogP contribution < -0.4 is 0 Å². The number of nitrogens with zero attached hydrogens (tertiary/aromatic N) is 4. The van der Waals surface area contributed by atoms with Crippen molar-refractivity contribution in [2.75, 3.05) is 6.54 Å².